The summed E-state index contributed by atoms with van der Waals surface area (Å²) >= 11 is 0. The molecule has 0 N–H and O–H groups in total. The second-order valence-electron chi connectivity index (χ2n) is 10.2. The highest BCUT2D eigenvalue weighted by Crippen LogP contribution is 2.56. The molecule has 38 heavy (non-hydrogen) atoms. The Bertz CT molecular complexity index is 1710. The van der Waals surface area contributed by atoms with Gasteiger partial charge in [-0.25, -0.2) is 0 Å². The molecule has 2 heterocycles. The number of hydrogen-bond acceptors (Lipinski definition) is 2. The van der Waals surface area contributed by atoms with E-state index in [4.69, 9.17) is 0 Å². The molecule has 2 unspecified atom stereocenters. The molecule has 0 amide bonds. The lowest BCUT2D eigenvalue weighted by molar-refractivity contribution is 0.718. The standard InChI is InChI=1S/C36H26N2/c1-3-11-25(12-4-1)26-19-21-28(22-20-26)38-34-18-10-8-16-30(34)32-24-23-31-29-15-7-9-17-33(29)37(35(31)36(32)38)27-13-5-2-6-14-27/h1-24,35-36H. The van der Waals surface area contributed by atoms with E-state index >= 15 is 0 Å². The Balaban J connectivity index is 1.30. The van der Waals surface area contributed by atoms with Crippen molar-refractivity contribution in [3.8, 4) is 11.1 Å². The smallest absolute Gasteiger partial charge is 0.0847 e. The molecule has 0 spiro atoms. The highest BCUT2D eigenvalue weighted by Gasteiger charge is 2.49. The third-order valence-electron chi connectivity index (χ3n) is 8.17. The van der Waals surface area contributed by atoms with Gasteiger partial charge in [-0.15, -0.1) is 0 Å². The normalized spacial score (nSPS) is 18.7. The van der Waals surface area contributed by atoms with Crippen LogP contribution in [0.1, 0.15) is 11.1 Å². The summed E-state index contributed by atoms with van der Waals surface area (Å²) in [5.41, 5.74) is 12.9. The number of fused-ring (bicyclic) bond motifs is 7. The fraction of sp³-hybridized carbons (Fsp3) is 0.0556. The molecule has 8 rings (SSSR count). The second-order valence-corrected chi connectivity index (χ2v) is 10.2. The maximum Gasteiger partial charge on any atom is 0.0847 e. The van der Waals surface area contributed by atoms with Crippen LogP contribution in [0.2, 0.25) is 0 Å². The van der Waals surface area contributed by atoms with E-state index in [9.17, 15) is 0 Å². The average molecular weight is 487 g/mol. The van der Waals surface area contributed by atoms with Gasteiger partial charge in [-0.2, -0.15) is 0 Å². The molecule has 2 aliphatic heterocycles. The molecule has 0 fully saturated rings. The van der Waals surface area contributed by atoms with Crippen LogP contribution in [0, 0.1) is 0 Å². The van der Waals surface area contributed by atoms with Gasteiger partial charge >= 0.3 is 0 Å². The summed E-state index contributed by atoms with van der Waals surface area (Å²) in [5, 5.41) is 0. The molecule has 0 radical (unpaired) electrons. The zero-order valence-corrected chi connectivity index (χ0v) is 20.9. The number of rotatable bonds is 3. The van der Waals surface area contributed by atoms with Gasteiger partial charge in [-0.3, -0.25) is 0 Å². The molecule has 2 nitrogen and oxygen atoms in total. The number of anilines is 4. The molecule has 1 aliphatic carbocycles. The molecule has 0 bridgehead atoms. The van der Waals surface area contributed by atoms with E-state index in [1.807, 2.05) is 0 Å². The molecule has 2 atom stereocenters. The van der Waals surface area contributed by atoms with Crippen molar-refractivity contribution in [1.29, 1.82) is 0 Å². The Kier molecular flexibility index (Phi) is 4.68. The predicted octanol–water partition coefficient (Wildman–Crippen LogP) is 8.87. The van der Waals surface area contributed by atoms with Crippen LogP contribution in [0.4, 0.5) is 22.7 Å². The predicted molar refractivity (Wildman–Crippen MR) is 159 cm³/mol. The summed E-state index contributed by atoms with van der Waals surface area (Å²) in [6.45, 7) is 0. The van der Waals surface area contributed by atoms with Crippen molar-refractivity contribution >= 4 is 33.9 Å². The van der Waals surface area contributed by atoms with Crippen LogP contribution in [0.15, 0.2) is 146 Å². The van der Waals surface area contributed by atoms with Gasteiger partial charge in [0.1, 0.15) is 0 Å². The monoisotopic (exact) mass is 486 g/mol. The van der Waals surface area contributed by atoms with Crippen LogP contribution in [-0.4, -0.2) is 12.1 Å². The fourth-order valence-electron chi connectivity index (χ4n) is 6.56. The lowest BCUT2D eigenvalue weighted by Gasteiger charge is -2.40. The second kappa shape index (κ2) is 8.36. The first kappa shape index (κ1) is 21.3. The lowest BCUT2D eigenvalue weighted by Crippen LogP contribution is -2.46. The van der Waals surface area contributed by atoms with Crippen molar-refractivity contribution in [3.63, 3.8) is 0 Å². The Hall–Kier alpha value is -4.82. The summed E-state index contributed by atoms with van der Waals surface area (Å²) in [6, 6.07) is 48.6. The molecular weight excluding hydrogens is 460 g/mol. The molecular formula is C36H26N2. The third kappa shape index (κ3) is 3.07. The quantitative estimate of drug-likeness (QED) is 0.251. The van der Waals surface area contributed by atoms with Crippen LogP contribution < -0.4 is 9.80 Å². The van der Waals surface area contributed by atoms with Crippen molar-refractivity contribution in [2.45, 2.75) is 12.1 Å². The zero-order valence-electron chi connectivity index (χ0n) is 20.9. The zero-order chi connectivity index (χ0) is 25.1. The molecule has 0 aromatic heterocycles. The van der Waals surface area contributed by atoms with Gasteiger partial charge in [0.15, 0.2) is 0 Å². The molecule has 180 valence electrons. The highest BCUT2D eigenvalue weighted by molar-refractivity contribution is 6.03. The van der Waals surface area contributed by atoms with Crippen LogP contribution in [0.5, 0.6) is 0 Å². The highest BCUT2D eigenvalue weighted by atomic mass is 15.3. The largest absolute Gasteiger partial charge is 0.331 e. The van der Waals surface area contributed by atoms with Gasteiger partial charge in [0.25, 0.3) is 0 Å². The summed E-state index contributed by atoms with van der Waals surface area (Å²) in [4.78, 5) is 5.12. The van der Waals surface area contributed by atoms with Crippen molar-refractivity contribution in [3.05, 3.63) is 157 Å². The number of nitrogens with zero attached hydrogens (tertiary/aromatic N) is 2. The van der Waals surface area contributed by atoms with Crippen molar-refractivity contribution in [1.82, 2.24) is 0 Å². The van der Waals surface area contributed by atoms with Gasteiger partial charge in [-0.05, 0) is 58.7 Å². The summed E-state index contributed by atoms with van der Waals surface area (Å²) < 4.78 is 0. The average Bonchev–Trinajstić information content (AvgIpc) is 3.51. The maximum absolute atomic E-state index is 2.56. The Morgan fingerprint density at radius 1 is 0.368 bits per heavy atom. The molecule has 0 saturated carbocycles. The lowest BCUT2D eigenvalue weighted by atomic mass is 9.85. The topological polar surface area (TPSA) is 6.48 Å². The van der Waals surface area contributed by atoms with Gasteiger partial charge in [0.2, 0.25) is 0 Å². The van der Waals surface area contributed by atoms with Crippen LogP contribution >= 0.6 is 0 Å². The minimum absolute atomic E-state index is 0.155. The first-order valence-electron chi connectivity index (χ1n) is 13.3. The number of para-hydroxylation sites is 3. The van der Waals surface area contributed by atoms with Crippen LogP contribution in [-0.2, 0) is 0 Å². The van der Waals surface area contributed by atoms with Crippen molar-refractivity contribution < 1.29 is 0 Å². The summed E-state index contributed by atoms with van der Waals surface area (Å²) in [5.74, 6) is 0. The Morgan fingerprint density at radius 2 is 0.789 bits per heavy atom. The minimum atomic E-state index is 0.155. The van der Waals surface area contributed by atoms with Gasteiger partial charge in [0.05, 0.1) is 12.1 Å². The summed E-state index contributed by atoms with van der Waals surface area (Å²) in [7, 11) is 0. The van der Waals surface area contributed by atoms with E-state index in [2.05, 4.69) is 155 Å². The van der Waals surface area contributed by atoms with Gasteiger partial charge in [0, 0.05) is 33.9 Å². The van der Waals surface area contributed by atoms with E-state index in [0.29, 0.717) is 0 Å². The third-order valence-corrected chi connectivity index (χ3v) is 8.17. The SMILES string of the molecule is C1=C2c3ccccc3N(c3ccccc3)C2C2C(=C1)c1ccccc1N2c1ccc(-c2ccccc2)cc1. The number of allylic oxidation sites excluding steroid dienone is 2. The molecule has 0 saturated heterocycles. The van der Waals surface area contributed by atoms with Crippen molar-refractivity contribution in [2.24, 2.45) is 0 Å². The first-order valence-corrected chi connectivity index (χ1v) is 13.3. The van der Waals surface area contributed by atoms with E-state index in [0.717, 1.165) is 0 Å². The van der Waals surface area contributed by atoms with E-state index in [1.165, 1.54) is 56.1 Å². The van der Waals surface area contributed by atoms with Crippen LogP contribution in [0.3, 0.4) is 0 Å². The number of benzene rings is 5. The summed E-state index contributed by atoms with van der Waals surface area (Å²) in [6.07, 6.45) is 4.72. The molecule has 2 heteroatoms. The van der Waals surface area contributed by atoms with E-state index in [1.54, 1.807) is 0 Å². The van der Waals surface area contributed by atoms with Crippen molar-refractivity contribution in [2.75, 3.05) is 9.80 Å². The molecule has 5 aromatic rings. The fourth-order valence-corrected chi connectivity index (χ4v) is 6.56. The Labute approximate surface area is 223 Å². The van der Waals surface area contributed by atoms with Crippen LogP contribution in [0.25, 0.3) is 22.3 Å². The van der Waals surface area contributed by atoms with E-state index < -0.39 is 0 Å². The minimum Gasteiger partial charge on any atom is -0.331 e. The van der Waals surface area contributed by atoms with Gasteiger partial charge in [-0.1, -0.05) is 109 Å². The maximum atomic E-state index is 2.56. The Morgan fingerprint density at radius 3 is 1.34 bits per heavy atom. The van der Waals surface area contributed by atoms with E-state index in [-0.39, 0.29) is 12.1 Å². The molecule has 3 aliphatic rings. The first-order chi connectivity index (χ1) is 18.9. The number of hydrogen-bond donors (Lipinski definition) is 0. The molecule has 5 aromatic carbocycles. The van der Waals surface area contributed by atoms with Gasteiger partial charge < -0.3 is 9.80 Å².